The second kappa shape index (κ2) is 7.59. The van der Waals surface area contributed by atoms with Gasteiger partial charge in [0, 0.05) is 25.2 Å². The number of fused-ring (bicyclic) bond motifs is 1. The van der Waals surface area contributed by atoms with E-state index < -0.39 is 0 Å². The molecule has 0 saturated heterocycles. The van der Waals surface area contributed by atoms with Crippen LogP contribution in [0.2, 0.25) is 0 Å². The standard InChI is InChI=1S/C23H24N6O/c1-14-9-11-16(12-10-14)22-25-20(21(24)27-28(3)4)17-13-19(30)29(23(17)26-22)18-8-6-5-7-15(18)2/h5-12H,13H2,1-4H3,(H2,24,27). The lowest BCUT2D eigenvalue weighted by molar-refractivity contribution is -0.116. The molecule has 0 spiro atoms. The van der Waals surface area contributed by atoms with Crippen LogP contribution in [0.4, 0.5) is 11.5 Å². The largest absolute Gasteiger partial charge is 0.380 e. The smallest absolute Gasteiger partial charge is 0.237 e. The van der Waals surface area contributed by atoms with E-state index in [0.29, 0.717) is 22.9 Å². The molecule has 1 amide bonds. The molecule has 1 aliphatic heterocycles. The summed E-state index contributed by atoms with van der Waals surface area (Å²) in [6.45, 7) is 4.00. The zero-order chi connectivity index (χ0) is 21.4. The number of hydrogen-bond acceptors (Lipinski definition) is 5. The Kier molecular flexibility index (Phi) is 4.95. The summed E-state index contributed by atoms with van der Waals surface area (Å²) in [5, 5.41) is 5.94. The van der Waals surface area contributed by atoms with Crippen LogP contribution in [0.3, 0.4) is 0 Å². The molecule has 7 heteroatoms. The molecule has 4 rings (SSSR count). The average molecular weight is 400 g/mol. The van der Waals surface area contributed by atoms with E-state index in [0.717, 1.165) is 22.4 Å². The SMILES string of the molecule is Cc1ccc(-c2nc(C(N)=NN(C)C)c3c(n2)N(c2ccccc2C)C(=O)C3)cc1. The van der Waals surface area contributed by atoms with Crippen molar-refractivity contribution in [3.63, 3.8) is 0 Å². The fraction of sp³-hybridized carbons (Fsp3) is 0.217. The first-order chi connectivity index (χ1) is 14.3. The number of nitrogens with two attached hydrogens (primary N) is 1. The molecule has 30 heavy (non-hydrogen) atoms. The average Bonchev–Trinajstić information content (AvgIpc) is 3.03. The summed E-state index contributed by atoms with van der Waals surface area (Å²) < 4.78 is 0. The molecule has 3 aromatic rings. The van der Waals surface area contributed by atoms with Crippen molar-refractivity contribution in [3.8, 4) is 11.4 Å². The van der Waals surface area contributed by atoms with E-state index in [1.165, 1.54) is 0 Å². The number of benzene rings is 2. The number of carbonyl (C=O) groups is 1. The van der Waals surface area contributed by atoms with Gasteiger partial charge in [0.05, 0.1) is 12.1 Å². The second-order valence-corrected chi connectivity index (χ2v) is 7.59. The number of rotatable bonds is 4. The number of amides is 1. The first kappa shape index (κ1) is 19.6. The molecule has 7 nitrogen and oxygen atoms in total. The normalized spacial score (nSPS) is 13.5. The Balaban J connectivity index is 1.96. The third-order valence-electron chi connectivity index (χ3n) is 4.99. The Morgan fingerprint density at radius 3 is 2.43 bits per heavy atom. The molecule has 2 heterocycles. The highest BCUT2D eigenvalue weighted by molar-refractivity contribution is 6.10. The minimum Gasteiger partial charge on any atom is -0.380 e. The highest BCUT2D eigenvalue weighted by Gasteiger charge is 2.35. The van der Waals surface area contributed by atoms with Crippen LogP contribution in [0.25, 0.3) is 11.4 Å². The van der Waals surface area contributed by atoms with E-state index in [2.05, 4.69) is 5.10 Å². The van der Waals surface area contributed by atoms with Gasteiger partial charge in [0.1, 0.15) is 11.5 Å². The van der Waals surface area contributed by atoms with Crippen molar-refractivity contribution in [3.05, 3.63) is 70.9 Å². The molecular weight excluding hydrogens is 376 g/mol. The molecule has 2 aromatic carbocycles. The maximum atomic E-state index is 13.0. The van der Waals surface area contributed by atoms with Crippen molar-refractivity contribution in [1.82, 2.24) is 15.0 Å². The van der Waals surface area contributed by atoms with Gasteiger partial charge in [-0.3, -0.25) is 9.69 Å². The molecule has 0 fully saturated rings. The summed E-state index contributed by atoms with van der Waals surface area (Å²) in [5.74, 6) is 1.26. The number of hydrogen-bond donors (Lipinski definition) is 1. The highest BCUT2D eigenvalue weighted by atomic mass is 16.2. The van der Waals surface area contributed by atoms with Gasteiger partial charge in [0.25, 0.3) is 0 Å². The molecule has 152 valence electrons. The van der Waals surface area contributed by atoms with E-state index in [1.54, 1.807) is 24.0 Å². The third-order valence-corrected chi connectivity index (χ3v) is 4.99. The lowest BCUT2D eigenvalue weighted by Gasteiger charge is -2.20. The zero-order valence-electron chi connectivity index (χ0n) is 17.5. The quantitative estimate of drug-likeness (QED) is 0.413. The number of carbonyl (C=O) groups excluding carboxylic acids is 1. The Morgan fingerprint density at radius 2 is 1.77 bits per heavy atom. The molecule has 2 N–H and O–H groups in total. The topological polar surface area (TPSA) is 87.7 Å². The molecule has 0 unspecified atom stereocenters. The van der Waals surface area contributed by atoms with Crippen molar-refractivity contribution in [1.29, 1.82) is 0 Å². The van der Waals surface area contributed by atoms with Crippen LogP contribution in [0.1, 0.15) is 22.4 Å². The van der Waals surface area contributed by atoms with Crippen molar-refractivity contribution < 1.29 is 4.79 Å². The molecule has 0 aliphatic carbocycles. The van der Waals surface area contributed by atoms with Crippen LogP contribution in [-0.2, 0) is 11.2 Å². The molecule has 0 bridgehead atoms. The number of amidine groups is 1. The second-order valence-electron chi connectivity index (χ2n) is 7.59. The van der Waals surface area contributed by atoms with Gasteiger partial charge in [-0.1, -0.05) is 48.0 Å². The van der Waals surface area contributed by atoms with Crippen LogP contribution in [0.5, 0.6) is 0 Å². The molecule has 0 atom stereocenters. The first-order valence-corrected chi connectivity index (χ1v) is 9.73. The van der Waals surface area contributed by atoms with Crippen molar-refractivity contribution >= 4 is 23.2 Å². The minimum absolute atomic E-state index is 0.0615. The van der Waals surface area contributed by atoms with Crippen molar-refractivity contribution in [2.45, 2.75) is 20.3 Å². The van der Waals surface area contributed by atoms with E-state index >= 15 is 0 Å². The molecular formula is C23H24N6O. The maximum absolute atomic E-state index is 13.0. The van der Waals surface area contributed by atoms with Crippen molar-refractivity contribution in [2.24, 2.45) is 10.8 Å². The predicted octanol–water partition coefficient (Wildman–Crippen LogP) is 3.16. The van der Waals surface area contributed by atoms with E-state index in [-0.39, 0.29) is 18.2 Å². The highest BCUT2D eigenvalue weighted by Crippen LogP contribution is 2.38. The fourth-order valence-electron chi connectivity index (χ4n) is 3.54. The molecule has 1 aliphatic rings. The summed E-state index contributed by atoms with van der Waals surface area (Å²) in [7, 11) is 3.58. The number of para-hydroxylation sites is 1. The Morgan fingerprint density at radius 1 is 1.07 bits per heavy atom. The van der Waals surface area contributed by atoms with Crippen molar-refractivity contribution in [2.75, 3.05) is 19.0 Å². The van der Waals surface area contributed by atoms with Crippen LogP contribution in [0, 0.1) is 13.8 Å². The van der Waals surface area contributed by atoms with Gasteiger partial charge in [-0.25, -0.2) is 9.97 Å². The molecule has 1 aromatic heterocycles. The van der Waals surface area contributed by atoms with E-state index in [1.807, 2.05) is 62.4 Å². The lowest BCUT2D eigenvalue weighted by Crippen LogP contribution is -2.23. The van der Waals surface area contributed by atoms with Gasteiger partial charge < -0.3 is 10.7 Å². The monoisotopic (exact) mass is 400 g/mol. The zero-order valence-corrected chi connectivity index (χ0v) is 17.5. The Labute approximate surface area is 175 Å². The van der Waals surface area contributed by atoms with E-state index in [4.69, 9.17) is 15.7 Å². The van der Waals surface area contributed by atoms with Gasteiger partial charge in [0.15, 0.2) is 11.7 Å². The van der Waals surface area contributed by atoms with Crippen LogP contribution in [0.15, 0.2) is 53.6 Å². The van der Waals surface area contributed by atoms with Gasteiger partial charge in [0.2, 0.25) is 5.91 Å². The number of hydrazone groups is 1. The Bertz CT molecular complexity index is 1150. The molecule has 0 radical (unpaired) electrons. The fourth-order valence-corrected chi connectivity index (χ4v) is 3.54. The Hall–Kier alpha value is -3.74. The maximum Gasteiger partial charge on any atom is 0.237 e. The first-order valence-electron chi connectivity index (χ1n) is 9.73. The summed E-state index contributed by atoms with van der Waals surface area (Å²) >= 11 is 0. The molecule has 0 saturated carbocycles. The van der Waals surface area contributed by atoms with Crippen LogP contribution >= 0.6 is 0 Å². The summed E-state index contributed by atoms with van der Waals surface area (Å²) in [6, 6.07) is 15.7. The minimum atomic E-state index is -0.0615. The lowest BCUT2D eigenvalue weighted by atomic mass is 10.1. The third kappa shape index (κ3) is 3.50. The number of aryl methyl sites for hydroxylation is 2. The van der Waals surface area contributed by atoms with E-state index in [9.17, 15) is 4.79 Å². The van der Waals surface area contributed by atoms with Crippen LogP contribution < -0.4 is 10.6 Å². The summed E-state index contributed by atoms with van der Waals surface area (Å²) in [6.07, 6.45) is 0.177. The number of anilines is 2. The number of aromatic nitrogens is 2. The number of nitrogens with zero attached hydrogens (tertiary/aromatic N) is 5. The predicted molar refractivity (Wildman–Crippen MR) is 119 cm³/mol. The van der Waals surface area contributed by atoms with Gasteiger partial charge in [-0.15, -0.1) is 0 Å². The summed E-state index contributed by atoms with van der Waals surface area (Å²) in [5.41, 5.74) is 11.3. The van der Waals surface area contributed by atoms with Crippen LogP contribution in [-0.4, -0.2) is 40.8 Å². The van der Waals surface area contributed by atoms with Gasteiger partial charge in [-0.05, 0) is 25.5 Å². The van der Waals surface area contributed by atoms with Gasteiger partial charge >= 0.3 is 0 Å². The summed E-state index contributed by atoms with van der Waals surface area (Å²) in [4.78, 5) is 24.2. The van der Waals surface area contributed by atoms with Gasteiger partial charge in [-0.2, -0.15) is 5.10 Å².